The second-order valence-electron chi connectivity index (χ2n) is 12.5. The van der Waals surface area contributed by atoms with Crippen molar-refractivity contribution in [1.29, 1.82) is 0 Å². The smallest absolute Gasteiger partial charge is 0.260 e. The number of aromatic nitrogens is 4. The van der Waals surface area contributed by atoms with E-state index in [-0.39, 0.29) is 52.1 Å². The minimum atomic E-state index is -3.42. The van der Waals surface area contributed by atoms with E-state index in [0.29, 0.717) is 57.4 Å². The third-order valence-corrected chi connectivity index (χ3v) is 13.4. The molecule has 2 atom stereocenters. The van der Waals surface area contributed by atoms with Gasteiger partial charge in [-0.25, -0.2) is 26.3 Å². The van der Waals surface area contributed by atoms with Crippen LogP contribution in [0, 0.1) is 5.82 Å². The molecular weight excluding hydrogens is 759 g/mol. The highest BCUT2D eigenvalue weighted by Crippen LogP contribution is 2.38. The van der Waals surface area contributed by atoms with Crippen LogP contribution in [-0.2, 0) is 20.8 Å². The molecule has 2 aliphatic rings. The van der Waals surface area contributed by atoms with Gasteiger partial charge in [-0.15, -0.1) is 11.3 Å². The first kappa shape index (κ1) is 35.9. The van der Waals surface area contributed by atoms with E-state index in [0.717, 1.165) is 12.8 Å². The Morgan fingerprint density at radius 3 is 2.47 bits per heavy atom. The Labute approximate surface area is 310 Å². The molecule has 18 heteroatoms. The largest absolute Gasteiger partial charge is 0.366 e. The summed E-state index contributed by atoms with van der Waals surface area (Å²) in [6, 6.07) is 9.34. The van der Waals surface area contributed by atoms with Crippen LogP contribution < -0.4 is 21.1 Å². The van der Waals surface area contributed by atoms with Gasteiger partial charge in [0, 0.05) is 72.5 Å². The quantitative estimate of drug-likeness (QED) is 0.202. The van der Waals surface area contributed by atoms with Gasteiger partial charge in [0.1, 0.15) is 15.7 Å². The fourth-order valence-electron chi connectivity index (χ4n) is 6.58. The Hall–Kier alpha value is -3.51. The number of pyridine rings is 1. The van der Waals surface area contributed by atoms with Crippen LogP contribution in [0.2, 0.25) is 10.0 Å². The molecule has 0 spiro atoms. The third kappa shape index (κ3) is 7.40. The summed E-state index contributed by atoms with van der Waals surface area (Å²) in [5.41, 5.74) is 2.83. The van der Waals surface area contributed by atoms with Crippen molar-refractivity contribution in [2.45, 2.75) is 41.0 Å². The van der Waals surface area contributed by atoms with Crippen molar-refractivity contribution in [3.8, 4) is 11.1 Å². The summed E-state index contributed by atoms with van der Waals surface area (Å²) in [5.74, 6) is -0.240. The summed E-state index contributed by atoms with van der Waals surface area (Å²) >= 11 is 14.8. The molecule has 0 bridgehead atoms. The lowest BCUT2D eigenvalue weighted by atomic mass is 10.0. The molecule has 0 saturated carbocycles. The van der Waals surface area contributed by atoms with Gasteiger partial charge in [-0.05, 0) is 56.2 Å². The lowest BCUT2D eigenvalue weighted by molar-refractivity contribution is 0.275. The maximum absolute atomic E-state index is 15.3. The first-order valence-electron chi connectivity index (χ1n) is 16.1. The fourth-order valence-corrected chi connectivity index (χ4v) is 10.2. The second-order valence-corrected chi connectivity index (χ2v) is 17.9. The molecule has 5 heterocycles. The van der Waals surface area contributed by atoms with Crippen LogP contribution in [0.3, 0.4) is 0 Å². The Morgan fingerprint density at radius 1 is 1.08 bits per heavy atom. The van der Waals surface area contributed by atoms with Crippen molar-refractivity contribution >= 4 is 83.7 Å². The first-order valence-corrected chi connectivity index (χ1v) is 20.7. The highest BCUT2D eigenvalue weighted by Gasteiger charge is 2.30. The molecule has 7 rings (SSSR count). The molecule has 2 aromatic carbocycles. The number of hydrogen-bond donors (Lipinski definition) is 2. The van der Waals surface area contributed by atoms with Crippen LogP contribution in [0.15, 0.2) is 68.2 Å². The van der Waals surface area contributed by atoms with Gasteiger partial charge in [0.2, 0.25) is 16.0 Å². The third-order valence-electron chi connectivity index (χ3n) is 9.04. The van der Waals surface area contributed by atoms with Crippen LogP contribution in [-0.4, -0.2) is 81.5 Å². The maximum atomic E-state index is 15.3. The van der Waals surface area contributed by atoms with E-state index in [1.165, 1.54) is 40.0 Å². The lowest BCUT2D eigenvalue weighted by Crippen LogP contribution is -2.49. The summed E-state index contributed by atoms with van der Waals surface area (Å²) in [6.45, 7) is 4.64. The normalized spacial score (nSPS) is 18.3. The van der Waals surface area contributed by atoms with Gasteiger partial charge >= 0.3 is 0 Å². The minimum absolute atomic E-state index is 0.130. The number of rotatable bonds is 8. The zero-order valence-electron chi connectivity index (χ0n) is 27.5. The van der Waals surface area contributed by atoms with Crippen LogP contribution in [0.4, 0.5) is 21.7 Å². The molecule has 0 aliphatic carbocycles. The average Bonchev–Trinajstić information content (AvgIpc) is 3.63. The maximum Gasteiger partial charge on any atom is 0.260 e. The number of halogens is 3. The van der Waals surface area contributed by atoms with Crippen molar-refractivity contribution in [3.63, 3.8) is 0 Å². The van der Waals surface area contributed by atoms with E-state index < -0.39 is 32.4 Å². The van der Waals surface area contributed by atoms with Crippen LogP contribution in [0.25, 0.3) is 22.2 Å². The Morgan fingerprint density at radius 2 is 1.82 bits per heavy atom. The molecule has 12 nitrogen and oxygen atoms in total. The molecule has 2 saturated heterocycles. The summed E-state index contributed by atoms with van der Waals surface area (Å²) in [5, 5.41) is 7.19. The molecule has 2 aliphatic heterocycles. The van der Waals surface area contributed by atoms with E-state index >= 15 is 4.39 Å². The molecular formula is C33H33Cl2FN8O4S3. The van der Waals surface area contributed by atoms with E-state index in [1.807, 2.05) is 4.90 Å². The van der Waals surface area contributed by atoms with Gasteiger partial charge < -0.3 is 15.5 Å². The summed E-state index contributed by atoms with van der Waals surface area (Å²) in [4.78, 5) is 30.1. The summed E-state index contributed by atoms with van der Waals surface area (Å²) < 4.78 is 56.5. The second kappa shape index (κ2) is 14.5. The van der Waals surface area contributed by atoms with Gasteiger partial charge in [-0.1, -0.05) is 23.2 Å². The monoisotopic (exact) mass is 790 g/mol. The average molecular weight is 792 g/mol. The van der Waals surface area contributed by atoms with Gasteiger partial charge in [-0.3, -0.25) is 14.3 Å². The number of anilines is 3. The Balaban J connectivity index is 1.28. The summed E-state index contributed by atoms with van der Waals surface area (Å²) in [7, 11) is -5.00. The number of hydrogen-bond acceptors (Lipinski definition) is 11. The highest BCUT2D eigenvalue weighted by atomic mass is 35.5. The molecule has 2 unspecified atom stereocenters. The number of fused-ring (bicyclic) bond motifs is 1. The van der Waals surface area contributed by atoms with Crippen molar-refractivity contribution in [3.05, 3.63) is 80.5 Å². The topological polar surface area (TPSA) is 142 Å². The predicted molar refractivity (Wildman–Crippen MR) is 200 cm³/mol. The number of thiazole rings is 1. The number of nitrogens with one attached hydrogen (secondary N) is 2. The molecule has 2 fully saturated rings. The van der Waals surface area contributed by atoms with Gasteiger partial charge in [0.15, 0.2) is 0 Å². The zero-order valence-corrected chi connectivity index (χ0v) is 31.4. The SMILES string of the molecule is CC1CN(c2ccc(Nc3ncc4cc(-c5c(Cl)cc(S(=O)c6cncs6)cc5Cl)c(=O)n(C5CCN(S(C)(=O)=O)CC5)c4n3)cc2F)CCN1. The van der Waals surface area contributed by atoms with E-state index in [4.69, 9.17) is 28.2 Å². The highest BCUT2D eigenvalue weighted by molar-refractivity contribution is 7.88. The molecule has 268 valence electrons. The minimum Gasteiger partial charge on any atom is -0.366 e. The molecule has 5 aromatic rings. The van der Waals surface area contributed by atoms with Gasteiger partial charge in [0.25, 0.3) is 5.56 Å². The molecule has 3 aromatic heterocycles. The number of nitrogens with zero attached hydrogens (tertiary/aromatic N) is 6. The zero-order chi connectivity index (χ0) is 36.0. The van der Waals surface area contributed by atoms with Crippen molar-refractivity contribution in [2.24, 2.45) is 0 Å². The molecule has 2 N–H and O–H groups in total. The molecule has 0 amide bonds. The Kier molecular flexibility index (Phi) is 10.2. The number of piperidine rings is 1. The van der Waals surface area contributed by atoms with Gasteiger partial charge in [0.05, 0.1) is 50.1 Å². The molecule has 51 heavy (non-hydrogen) atoms. The van der Waals surface area contributed by atoms with Crippen molar-refractivity contribution < 1.29 is 17.0 Å². The van der Waals surface area contributed by atoms with Crippen LogP contribution in [0.1, 0.15) is 25.8 Å². The van der Waals surface area contributed by atoms with Crippen LogP contribution in [0.5, 0.6) is 0 Å². The molecule has 0 radical (unpaired) electrons. The van der Waals surface area contributed by atoms with E-state index in [1.54, 1.807) is 34.5 Å². The number of piperazine rings is 1. The number of benzene rings is 2. The van der Waals surface area contributed by atoms with E-state index in [9.17, 15) is 17.4 Å². The number of sulfonamides is 1. The lowest BCUT2D eigenvalue weighted by Gasteiger charge is -2.33. The fraction of sp³-hybridized carbons (Fsp3) is 0.333. The van der Waals surface area contributed by atoms with Gasteiger partial charge in [-0.2, -0.15) is 4.98 Å². The Bertz CT molecular complexity index is 2300. The van der Waals surface area contributed by atoms with E-state index in [2.05, 4.69) is 27.5 Å². The van der Waals surface area contributed by atoms with Crippen molar-refractivity contribution in [2.75, 3.05) is 49.2 Å². The van der Waals surface area contributed by atoms with Crippen LogP contribution >= 0.6 is 34.5 Å². The predicted octanol–water partition coefficient (Wildman–Crippen LogP) is 5.67. The first-order chi connectivity index (χ1) is 24.4. The standard InChI is InChI=1S/C33H33Cl2FN8O4S3/c1-19-17-42(10-7-38-19)28-4-3-21(12-27(28)36)40-33-39-15-20-11-24(30-25(34)13-23(14-26(30)35)50(46)29-16-37-18-49-29)32(45)44(31(20)41-33)22-5-8-43(9-6-22)51(2,47)48/h3-4,11-16,18-19,22,38H,5-10,17H2,1-2H3,(H,39,40,41). The van der Waals surface area contributed by atoms with Crippen molar-refractivity contribution in [1.82, 2.24) is 29.1 Å². The summed E-state index contributed by atoms with van der Waals surface area (Å²) in [6.07, 6.45) is 4.93.